The summed E-state index contributed by atoms with van der Waals surface area (Å²) in [4.78, 5) is 25.9. The fourth-order valence-electron chi connectivity index (χ4n) is 2.77. The zero-order chi connectivity index (χ0) is 17.1. The number of rotatable bonds is 4. The number of benzene rings is 2. The van der Waals surface area contributed by atoms with E-state index in [9.17, 15) is 14.0 Å². The highest BCUT2D eigenvalue weighted by molar-refractivity contribution is 6.03. The summed E-state index contributed by atoms with van der Waals surface area (Å²) in [5.41, 5.74) is 0.747. The Morgan fingerprint density at radius 2 is 1.92 bits per heavy atom. The molecule has 1 saturated heterocycles. The minimum Gasteiger partial charge on any atom is -0.495 e. The lowest BCUT2D eigenvalue weighted by Gasteiger charge is -2.17. The number of carbonyl (C=O) groups is 2. The summed E-state index contributed by atoms with van der Waals surface area (Å²) in [7, 11) is 1.52. The smallest absolute Gasteiger partial charge is 0.229 e. The number of nitrogens with zero attached hydrogens (tertiary/aromatic N) is 1. The number of anilines is 2. The van der Waals surface area contributed by atoms with Crippen LogP contribution in [-0.4, -0.2) is 25.5 Å². The lowest BCUT2D eigenvalue weighted by Crippen LogP contribution is -2.28. The second-order valence-electron chi connectivity index (χ2n) is 5.55. The van der Waals surface area contributed by atoms with Crippen molar-refractivity contribution in [3.8, 4) is 5.75 Å². The van der Waals surface area contributed by atoms with Gasteiger partial charge in [-0.3, -0.25) is 9.59 Å². The molecule has 1 aliphatic heterocycles. The van der Waals surface area contributed by atoms with Crippen molar-refractivity contribution in [1.29, 1.82) is 0 Å². The van der Waals surface area contributed by atoms with Gasteiger partial charge in [-0.05, 0) is 24.3 Å². The SMILES string of the molecule is COc1ccccc1NC(=O)C1CC(=O)N(c2ccccc2F)C1. The monoisotopic (exact) mass is 328 g/mol. The van der Waals surface area contributed by atoms with E-state index in [-0.39, 0.29) is 30.5 Å². The van der Waals surface area contributed by atoms with Gasteiger partial charge in [0.05, 0.1) is 24.4 Å². The first kappa shape index (κ1) is 16.0. The summed E-state index contributed by atoms with van der Waals surface area (Å²) in [5, 5.41) is 2.77. The van der Waals surface area contributed by atoms with E-state index in [2.05, 4.69) is 5.32 Å². The molecular weight excluding hydrogens is 311 g/mol. The molecule has 0 spiro atoms. The van der Waals surface area contributed by atoms with Crippen LogP contribution in [0.2, 0.25) is 0 Å². The van der Waals surface area contributed by atoms with E-state index < -0.39 is 11.7 Å². The van der Waals surface area contributed by atoms with Gasteiger partial charge in [-0.25, -0.2) is 4.39 Å². The van der Waals surface area contributed by atoms with E-state index in [0.717, 1.165) is 0 Å². The molecule has 124 valence electrons. The highest BCUT2D eigenvalue weighted by Gasteiger charge is 2.36. The number of amides is 2. The van der Waals surface area contributed by atoms with Gasteiger partial charge >= 0.3 is 0 Å². The molecule has 2 amide bonds. The van der Waals surface area contributed by atoms with E-state index in [4.69, 9.17) is 4.74 Å². The Kier molecular flexibility index (Phi) is 4.46. The van der Waals surface area contributed by atoms with Gasteiger partial charge in [0.1, 0.15) is 11.6 Å². The first-order chi connectivity index (χ1) is 11.6. The van der Waals surface area contributed by atoms with Gasteiger partial charge in [0, 0.05) is 13.0 Å². The minimum atomic E-state index is -0.540. The molecule has 0 bridgehead atoms. The van der Waals surface area contributed by atoms with Crippen LogP contribution in [0.15, 0.2) is 48.5 Å². The number of carbonyl (C=O) groups excluding carboxylic acids is 2. The van der Waals surface area contributed by atoms with Crippen LogP contribution in [0, 0.1) is 11.7 Å². The average Bonchev–Trinajstić information content (AvgIpc) is 2.97. The molecule has 1 fully saturated rings. The molecule has 6 heteroatoms. The first-order valence-corrected chi connectivity index (χ1v) is 7.59. The Balaban J connectivity index is 1.74. The lowest BCUT2D eigenvalue weighted by molar-refractivity contribution is -0.122. The van der Waals surface area contributed by atoms with Crippen LogP contribution in [0.3, 0.4) is 0 Å². The molecule has 0 aromatic heterocycles. The molecule has 0 saturated carbocycles. The second kappa shape index (κ2) is 6.70. The molecule has 5 nitrogen and oxygen atoms in total. The van der Waals surface area contributed by atoms with E-state index in [0.29, 0.717) is 11.4 Å². The number of hydrogen-bond acceptors (Lipinski definition) is 3. The third-order valence-electron chi connectivity index (χ3n) is 4.00. The van der Waals surface area contributed by atoms with Crippen LogP contribution in [0.1, 0.15) is 6.42 Å². The largest absolute Gasteiger partial charge is 0.495 e. The molecule has 0 radical (unpaired) electrons. The van der Waals surface area contributed by atoms with E-state index >= 15 is 0 Å². The van der Waals surface area contributed by atoms with Crippen LogP contribution in [0.4, 0.5) is 15.8 Å². The Hall–Kier alpha value is -2.89. The summed E-state index contributed by atoms with van der Waals surface area (Å²) in [6.45, 7) is 0.154. The van der Waals surface area contributed by atoms with Crippen molar-refractivity contribution in [2.75, 3.05) is 23.9 Å². The van der Waals surface area contributed by atoms with Gasteiger partial charge in [0.2, 0.25) is 11.8 Å². The molecular formula is C18H17FN2O3. The number of halogens is 1. The average molecular weight is 328 g/mol. The first-order valence-electron chi connectivity index (χ1n) is 7.59. The zero-order valence-electron chi connectivity index (χ0n) is 13.2. The van der Waals surface area contributed by atoms with E-state index in [1.54, 1.807) is 36.4 Å². The van der Waals surface area contributed by atoms with Crippen LogP contribution >= 0.6 is 0 Å². The molecule has 2 aromatic carbocycles. The molecule has 1 aliphatic rings. The van der Waals surface area contributed by atoms with Crippen LogP contribution in [0.25, 0.3) is 0 Å². The molecule has 2 aromatic rings. The summed E-state index contributed by atoms with van der Waals surface area (Å²) in [5.74, 6) is -1.02. The maximum Gasteiger partial charge on any atom is 0.229 e. The Labute approximate surface area is 139 Å². The Bertz CT molecular complexity index is 778. The van der Waals surface area contributed by atoms with Crippen molar-refractivity contribution >= 4 is 23.2 Å². The predicted molar refractivity (Wildman–Crippen MR) is 88.5 cm³/mol. The third-order valence-corrected chi connectivity index (χ3v) is 4.00. The van der Waals surface area contributed by atoms with Crippen LogP contribution in [-0.2, 0) is 9.59 Å². The normalized spacial score (nSPS) is 17.0. The van der Waals surface area contributed by atoms with Gasteiger partial charge in [-0.2, -0.15) is 0 Å². The maximum absolute atomic E-state index is 13.9. The maximum atomic E-state index is 13.9. The molecule has 1 N–H and O–H groups in total. The second-order valence-corrected chi connectivity index (χ2v) is 5.55. The molecule has 1 heterocycles. The number of para-hydroxylation sites is 3. The predicted octanol–water partition coefficient (Wildman–Crippen LogP) is 2.83. The highest BCUT2D eigenvalue weighted by atomic mass is 19.1. The molecule has 3 rings (SSSR count). The Morgan fingerprint density at radius 1 is 1.21 bits per heavy atom. The number of nitrogens with one attached hydrogen (secondary N) is 1. The third kappa shape index (κ3) is 3.08. The van der Waals surface area contributed by atoms with Gasteiger partial charge in [0.15, 0.2) is 0 Å². The lowest BCUT2D eigenvalue weighted by atomic mass is 10.1. The fraction of sp³-hybridized carbons (Fsp3) is 0.222. The van der Waals surface area contributed by atoms with Crippen molar-refractivity contribution in [2.45, 2.75) is 6.42 Å². The van der Waals surface area contributed by atoms with E-state index in [1.165, 1.54) is 24.1 Å². The van der Waals surface area contributed by atoms with Crippen molar-refractivity contribution in [3.05, 3.63) is 54.3 Å². The molecule has 1 atom stereocenters. The molecule has 1 unspecified atom stereocenters. The van der Waals surface area contributed by atoms with Crippen LogP contribution in [0.5, 0.6) is 5.75 Å². The summed E-state index contributed by atoms with van der Waals surface area (Å²) >= 11 is 0. The summed E-state index contributed by atoms with van der Waals surface area (Å²) in [6.07, 6.45) is 0.0509. The van der Waals surface area contributed by atoms with Gasteiger partial charge in [-0.15, -0.1) is 0 Å². The molecule has 24 heavy (non-hydrogen) atoms. The summed E-state index contributed by atoms with van der Waals surface area (Å²) < 4.78 is 19.1. The van der Waals surface area contributed by atoms with Crippen molar-refractivity contribution in [1.82, 2.24) is 0 Å². The van der Waals surface area contributed by atoms with Gasteiger partial charge < -0.3 is 15.0 Å². The quantitative estimate of drug-likeness (QED) is 0.939. The highest BCUT2D eigenvalue weighted by Crippen LogP contribution is 2.29. The summed E-state index contributed by atoms with van der Waals surface area (Å²) in [6, 6.07) is 13.1. The number of ether oxygens (including phenoxy) is 1. The topological polar surface area (TPSA) is 58.6 Å². The fourth-order valence-corrected chi connectivity index (χ4v) is 2.77. The van der Waals surface area contributed by atoms with E-state index in [1.807, 2.05) is 0 Å². The van der Waals surface area contributed by atoms with Gasteiger partial charge in [0.25, 0.3) is 0 Å². The standard InChI is InChI=1S/C18H17FN2O3/c1-24-16-9-5-3-7-14(16)20-18(23)12-10-17(22)21(11-12)15-8-4-2-6-13(15)19/h2-9,12H,10-11H2,1H3,(H,20,23). The number of methoxy groups -OCH3 is 1. The van der Waals surface area contributed by atoms with Crippen molar-refractivity contribution < 1.29 is 18.7 Å². The molecule has 0 aliphatic carbocycles. The van der Waals surface area contributed by atoms with Crippen molar-refractivity contribution in [2.24, 2.45) is 5.92 Å². The minimum absolute atomic E-state index is 0.0509. The zero-order valence-corrected chi connectivity index (χ0v) is 13.2. The van der Waals surface area contributed by atoms with Gasteiger partial charge in [-0.1, -0.05) is 24.3 Å². The number of hydrogen-bond donors (Lipinski definition) is 1. The van der Waals surface area contributed by atoms with Crippen molar-refractivity contribution in [3.63, 3.8) is 0 Å². The van der Waals surface area contributed by atoms with Crippen LogP contribution < -0.4 is 15.0 Å². The Morgan fingerprint density at radius 3 is 2.67 bits per heavy atom.